The van der Waals surface area contributed by atoms with E-state index < -0.39 is 0 Å². The molecule has 0 unspecified atom stereocenters. The second-order valence-corrected chi connectivity index (χ2v) is 4.89. The van der Waals surface area contributed by atoms with E-state index in [4.69, 9.17) is 4.74 Å². The fraction of sp³-hybridized carbons (Fsp3) is 0.538. The molecule has 16 heavy (non-hydrogen) atoms. The van der Waals surface area contributed by atoms with Gasteiger partial charge in [0.15, 0.2) is 0 Å². The van der Waals surface area contributed by atoms with E-state index in [9.17, 15) is 0 Å². The van der Waals surface area contributed by atoms with Crippen molar-refractivity contribution in [3.8, 4) is 0 Å². The molecule has 0 saturated heterocycles. The number of ether oxygens (including phenoxy) is 1. The molecule has 1 rings (SSSR count). The van der Waals surface area contributed by atoms with Crippen molar-refractivity contribution in [2.75, 3.05) is 26.5 Å². The van der Waals surface area contributed by atoms with Crippen molar-refractivity contribution < 1.29 is 4.74 Å². The molecule has 0 amide bonds. The summed E-state index contributed by atoms with van der Waals surface area (Å²) in [6, 6.07) is 8.73. The average molecular weight is 239 g/mol. The van der Waals surface area contributed by atoms with Crippen LogP contribution in [0.25, 0.3) is 0 Å². The molecule has 0 aromatic heterocycles. The first-order valence-electron chi connectivity index (χ1n) is 5.72. The molecule has 0 atom stereocenters. The van der Waals surface area contributed by atoms with E-state index in [-0.39, 0.29) is 0 Å². The molecular weight excluding hydrogens is 218 g/mol. The largest absolute Gasteiger partial charge is 0.385 e. The summed E-state index contributed by atoms with van der Waals surface area (Å²) in [7, 11) is 3.74. The van der Waals surface area contributed by atoms with Crippen molar-refractivity contribution in [1.29, 1.82) is 0 Å². The van der Waals surface area contributed by atoms with Crippen LogP contribution in [0.4, 0.5) is 0 Å². The van der Waals surface area contributed by atoms with Gasteiger partial charge < -0.3 is 10.1 Å². The van der Waals surface area contributed by atoms with Crippen LogP contribution in [0, 0.1) is 0 Å². The Morgan fingerprint density at radius 3 is 2.94 bits per heavy atom. The van der Waals surface area contributed by atoms with Gasteiger partial charge in [0.05, 0.1) is 0 Å². The smallest absolute Gasteiger partial charge is 0.0462 e. The molecule has 1 aromatic rings. The van der Waals surface area contributed by atoms with Gasteiger partial charge in [0, 0.05) is 25.2 Å². The van der Waals surface area contributed by atoms with Crippen LogP contribution in [-0.4, -0.2) is 26.5 Å². The van der Waals surface area contributed by atoms with Crippen LogP contribution < -0.4 is 5.32 Å². The van der Waals surface area contributed by atoms with Crippen LogP contribution in [0.2, 0.25) is 0 Å². The van der Waals surface area contributed by atoms with Gasteiger partial charge in [-0.15, -0.1) is 11.8 Å². The van der Waals surface area contributed by atoms with Crippen molar-refractivity contribution in [3.05, 3.63) is 29.8 Å². The number of methoxy groups -OCH3 is 1. The summed E-state index contributed by atoms with van der Waals surface area (Å²) in [6.07, 6.45) is 2.37. The van der Waals surface area contributed by atoms with Gasteiger partial charge in [-0.3, -0.25) is 0 Å². The predicted octanol–water partition coefficient (Wildman–Crippen LogP) is 2.92. The molecule has 1 aromatic carbocycles. The zero-order valence-corrected chi connectivity index (χ0v) is 11.0. The monoisotopic (exact) mass is 239 g/mol. The maximum atomic E-state index is 5.03. The Balaban J connectivity index is 2.27. The number of benzene rings is 1. The summed E-state index contributed by atoms with van der Waals surface area (Å²) in [4.78, 5) is 1.37. The van der Waals surface area contributed by atoms with E-state index in [1.54, 1.807) is 7.11 Å². The van der Waals surface area contributed by atoms with Gasteiger partial charge in [-0.25, -0.2) is 0 Å². The van der Waals surface area contributed by atoms with Crippen LogP contribution in [0.3, 0.4) is 0 Å². The van der Waals surface area contributed by atoms with Crippen molar-refractivity contribution in [1.82, 2.24) is 5.32 Å². The highest BCUT2D eigenvalue weighted by Gasteiger charge is 1.96. The lowest BCUT2D eigenvalue weighted by atomic mass is 10.2. The number of nitrogens with one attached hydrogen (secondary N) is 1. The van der Waals surface area contributed by atoms with Crippen LogP contribution in [0.5, 0.6) is 0 Å². The number of hydrogen-bond donors (Lipinski definition) is 1. The minimum Gasteiger partial charge on any atom is -0.385 e. The SMILES string of the molecule is CNCc1cccc(SCCCCOC)c1. The maximum Gasteiger partial charge on any atom is 0.0462 e. The standard InChI is InChI=1S/C13H21NOS/c1-14-11-12-6-5-7-13(10-12)16-9-4-3-8-15-2/h5-7,10,14H,3-4,8-9,11H2,1-2H3. The maximum absolute atomic E-state index is 5.03. The molecule has 2 nitrogen and oxygen atoms in total. The zero-order valence-electron chi connectivity index (χ0n) is 10.2. The molecule has 0 fully saturated rings. The third-order valence-electron chi connectivity index (χ3n) is 2.29. The second-order valence-electron chi connectivity index (χ2n) is 3.73. The highest BCUT2D eigenvalue weighted by molar-refractivity contribution is 7.99. The van der Waals surface area contributed by atoms with Crippen molar-refractivity contribution >= 4 is 11.8 Å². The predicted molar refractivity (Wildman–Crippen MR) is 71.0 cm³/mol. The Labute approximate surface area is 103 Å². The third-order valence-corrected chi connectivity index (χ3v) is 3.37. The zero-order chi connectivity index (χ0) is 11.6. The molecule has 1 N–H and O–H groups in total. The first-order valence-corrected chi connectivity index (χ1v) is 6.70. The lowest BCUT2D eigenvalue weighted by molar-refractivity contribution is 0.194. The molecule has 0 spiro atoms. The van der Waals surface area contributed by atoms with Gasteiger partial charge >= 0.3 is 0 Å². The van der Waals surface area contributed by atoms with Gasteiger partial charge in [0.2, 0.25) is 0 Å². The first kappa shape index (κ1) is 13.6. The highest BCUT2D eigenvalue weighted by Crippen LogP contribution is 2.20. The summed E-state index contributed by atoms with van der Waals surface area (Å²) < 4.78 is 5.03. The van der Waals surface area contributed by atoms with E-state index >= 15 is 0 Å². The molecule has 0 aliphatic rings. The molecule has 3 heteroatoms. The molecule has 0 bridgehead atoms. The molecule has 0 heterocycles. The van der Waals surface area contributed by atoms with Crippen molar-refractivity contribution in [3.63, 3.8) is 0 Å². The van der Waals surface area contributed by atoms with Gasteiger partial charge in [-0.2, -0.15) is 0 Å². The van der Waals surface area contributed by atoms with Crippen molar-refractivity contribution in [2.45, 2.75) is 24.3 Å². The quantitative estimate of drug-likeness (QED) is 0.557. The Morgan fingerprint density at radius 1 is 1.31 bits per heavy atom. The number of hydrogen-bond acceptors (Lipinski definition) is 3. The summed E-state index contributed by atoms with van der Waals surface area (Å²) in [5, 5.41) is 3.17. The van der Waals surface area contributed by atoms with Crippen LogP contribution in [-0.2, 0) is 11.3 Å². The summed E-state index contributed by atoms with van der Waals surface area (Å²) >= 11 is 1.93. The topological polar surface area (TPSA) is 21.3 Å². The van der Waals surface area contributed by atoms with Crippen LogP contribution in [0.15, 0.2) is 29.2 Å². The fourth-order valence-electron chi connectivity index (χ4n) is 1.49. The molecule has 0 aliphatic carbocycles. The van der Waals surface area contributed by atoms with E-state index in [1.807, 2.05) is 18.8 Å². The van der Waals surface area contributed by atoms with Gasteiger partial charge in [0.1, 0.15) is 0 Å². The van der Waals surface area contributed by atoms with E-state index in [1.165, 1.54) is 22.6 Å². The highest BCUT2D eigenvalue weighted by atomic mass is 32.2. The normalized spacial score (nSPS) is 10.6. The van der Waals surface area contributed by atoms with Crippen LogP contribution >= 0.6 is 11.8 Å². The molecule has 0 saturated carbocycles. The number of thioether (sulfide) groups is 1. The summed E-state index contributed by atoms with van der Waals surface area (Å²) in [5.74, 6) is 1.17. The van der Waals surface area contributed by atoms with Gasteiger partial charge in [-0.1, -0.05) is 12.1 Å². The third kappa shape index (κ3) is 5.54. The minimum atomic E-state index is 0.875. The Bertz CT molecular complexity index is 291. The molecule has 0 aliphatic heterocycles. The molecule has 0 radical (unpaired) electrons. The summed E-state index contributed by atoms with van der Waals surface area (Å²) in [6.45, 7) is 1.82. The van der Waals surface area contributed by atoms with Gasteiger partial charge in [0.25, 0.3) is 0 Å². The van der Waals surface area contributed by atoms with E-state index in [0.717, 1.165) is 19.6 Å². The number of rotatable bonds is 8. The minimum absolute atomic E-state index is 0.875. The molecular formula is C13H21NOS. The summed E-state index contributed by atoms with van der Waals surface area (Å²) in [5.41, 5.74) is 1.35. The average Bonchev–Trinajstić information content (AvgIpc) is 2.30. The second kappa shape index (κ2) is 8.62. The Hall–Kier alpha value is -0.510. The number of unbranched alkanes of at least 4 members (excludes halogenated alkanes) is 1. The van der Waals surface area contributed by atoms with E-state index in [0.29, 0.717) is 0 Å². The van der Waals surface area contributed by atoms with Crippen molar-refractivity contribution in [2.24, 2.45) is 0 Å². The molecule has 90 valence electrons. The van der Waals surface area contributed by atoms with Crippen LogP contribution in [0.1, 0.15) is 18.4 Å². The van der Waals surface area contributed by atoms with E-state index in [2.05, 4.69) is 29.6 Å². The first-order chi connectivity index (χ1) is 7.86. The lowest BCUT2D eigenvalue weighted by Gasteiger charge is -2.04. The fourth-order valence-corrected chi connectivity index (χ4v) is 2.48. The Morgan fingerprint density at radius 2 is 2.19 bits per heavy atom. The lowest BCUT2D eigenvalue weighted by Crippen LogP contribution is -2.04. The Kier molecular flexibility index (Phi) is 7.30. The van der Waals surface area contributed by atoms with Gasteiger partial charge in [-0.05, 0) is 43.3 Å².